The highest BCUT2D eigenvalue weighted by Crippen LogP contribution is 2.07. The van der Waals surface area contributed by atoms with Crippen LogP contribution in [0.15, 0.2) is 47.8 Å². The molecule has 17 heavy (non-hydrogen) atoms. The summed E-state index contributed by atoms with van der Waals surface area (Å²) in [6.45, 7) is 3.28. The van der Waals surface area contributed by atoms with Gasteiger partial charge >= 0.3 is 0 Å². The van der Waals surface area contributed by atoms with Crippen LogP contribution in [0.3, 0.4) is 0 Å². The smallest absolute Gasteiger partial charge is 0.0717 e. The van der Waals surface area contributed by atoms with E-state index in [2.05, 4.69) is 35.0 Å². The fourth-order valence-electron chi connectivity index (χ4n) is 1.53. The first-order valence-electron chi connectivity index (χ1n) is 5.80. The average Bonchev–Trinajstić information content (AvgIpc) is 2.88. The molecule has 90 valence electrons. The van der Waals surface area contributed by atoms with Crippen molar-refractivity contribution in [2.45, 2.75) is 13.2 Å². The third-order valence-corrected chi connectivity index (χ3v) is 3.29. The lowest BCUT2D eigenvalue weighted by Gasteiger charge is -2.05. The minimum atomic E-state index is 0.696. The summed E-state index contributed by atoms with van der Waals surface area (Å²) in [5.41, 5.74) is 1.23. The van der Waals surface area contributed by atoms with Gasteiger partial charge < -0.3 is 10.1 Å². The molecule has 0 saturated heterocycles. The highest BCUT2D eigenvalue weighted by molar-refractivity contribution is 7.09. The van der Waals surface area contributed by atoms with Crippen molar-refractivity contribution in [3.8, 4) is 0 Å². The Morgan fingerprint density at radius 3 is 2.71 bits per heavy atom. The van der Waals surface area contributed by atoms with Crippen molar-refractivity contribution >= 4 is 11.3 Å². The Labute approximate surface area is 106 Å². The van der Waals surface area contributed by atoms with Crippen molar-refractivity contribution in [3.63, 3.8) is 0 Å². The maximum absolute atomic E-state index is 5.58. The van der Waals surface area contributed by atoms with Gasteiger partial charge in [0.15, 0.2) is 0 Å². The van der Waals surface area contributed by atoms with E-state index in [0.717, 1.165) is 19.7 Å². The molecule has 2 aromatic rings. The second-order valence-corrected chi connectivity index (χ2v) is 4.83. The number of thiophene rings is 1. The minimum absolute atomic E-state index is 0.696. The van der Waals surface area contributed by atoms with Gasteiger partial charge in [0.05, 0.1) is 13.2 Å². The number of hydrogen-bond acceptors (Lipinski definition) is 3. The van der Waals surface area contributed by atoms with E-state index < -0.39 is 0 Å². The third kappa shape index (κ3) is 4.69. The van der Waals surface area contributed by atoms with Crippen LogP contribution >= 0.6 is 11.3 Å². The molecule has 1 heterocycles. The molecule has 0 aliphatic carbocycles. The molecular weight excluding hydrogens is 230 g/mol. The van der Waals surface area contributed by atoms with Crippen molar-refractivity contribution in [1.82, 2.24) is 5.32 Å². The number of hydrogen-bond donors (Lipinski definition) is 1. The van der Waals surface area contributed by atoms with Crippen LogP contribution in [-0.2, 0) is 17.9 Å². The van der Waals surface area contributed by atoms with Crippen molar-refractivity contribution in [1.29, 1.82) is 0 Å². The van der Waals surface area contributed by atoms with Gasteiger partial charge in [0.2, 0.25) is 0 Å². The van der Waals surface area contributed by atoms with Crippen molar-refractivity contribution in [3.05, 3.63) is 58.3 Å². The van der Waals surface area contributed by atoms with Gasteiger partial charge in [-0.15, -0.1) is 11.3 Å². The molecule has 0 atom stereocenters. The Kier molecular flexibility index (Phi) is 5.23. The standard InChI is InChI=1S/C14H17NOS/c1-2-5-13(6-3-1)12-16-9-8-15-11-14-7-4-10-17-14/h1-7,10,15H,8-9,11-12H2. The molecule has 0 saturated carbocycles. The van der Waals surface area contributed by atoms with Crippen LogP contribution in [0.2, 0.25) is 0 Å². The lowest BCUT2D eigenvalue weighted by molar-refractivity contribution is 0.122. The summed E-state index contributed by atoms with van der Waals surface area (Å²) in [6.07, 6.45) is 0. The van der Waals surface area contributed by atoms with Gasteiger partial charge in [-0.3, -0.25) is 0 Å². The van der Waals surface area contributed by atoms with E-state index in [9.17, 15) is 0 Å². The molecular formula is C14H17NOS. The monoisotopic (exact) mass is 247 g/mol. The minimum Gasteiger partial charge on any atom is -0.375 e. The molecule has 0 aliphatic heterocycles. The summed E-state index contributed by atoms with van der Waals surface area (Å²) in [5, 5.41) is 5.46. The van der Waals surface area contributed by atoms with E-state index in [1.165, 1.54) is 10.4 Å². The molecule has 0 fully saturated rings. The second-order valence-electron chi connectivity index (χ2n) is 3.79. The molecule has 0 unspecified atom stereocenters. The third-order valence-electron chi connectivity index (χ3n) is 2.41. The summed E-state index contributed by atoms with van der Waals surface area (Å²) < 4.78 is 5.58. The van der Waals surface area contributed by atoms with Crippen LogP contribution in [0.5, 0.6) is 0 Å². The van der Waals surface area contributed by atoms with Gasteiger partial charge in [0, 0.05) is 18.0 Å². The Morgan fingerprint density at radius 2 is 1.94 bits per heavy atom. The SMILES string of the molecule is c1ccc(COCCNCc2cccs2)cc1. The number of rotatable bonds is 7. The van der Waals surface area contributed by atoms with E-state index in [4.69, 9.17) is 4.74 Å². The molecule has 1 aromatic carbocycles. The topological polar surface area (TPSA) is 21.3 Å². The molecule has 1 N–H and O–H groups in total. The zero-order valence-electron chi connectivity index (χ0n) is 9.76. The fourth-order valence-corrected chi connectivity index (χ4v) is 2.21. The quantitative estimate of drug-likeness (QED) is 0.759. The van der Waals surface area contributed by atoms with Gasteiger partial charge in [0.1, 0.15) is 0 Å². The average molecular weight is 247 g/mol. The zero-order valence-corrected chi connectivity index (χ0v) is 10.6. The Hall–Kier alpha value is -1.16. The summed E-state index contributed by atoms with van der Waals surface area (Å²) >= 11 is 1.78. The van der Waals surface area contributed by atoms with Crippen molar-refractivity contribution in [2.75, 3.05) is 13.2 Å². The first kappa shape index (κ1) is 12.3. The molecule has 0 radical (unpaired) electrons. The van der Waals surface area contributed by atoms with Crippen LogP contribution < -0.4 is 5.32 Å². The van der Waals surface area contributed by atoms with Crippen LogP contribution in [0, 0.1) is 0 Å². The van der Waals surface area contributed by atoms with Crippen LogP contribution in [0.4, 0.5) is 0 Å². The van der Waals surface area contributed by atoms with Gasteiger partial charge in [-0.1, -0.05) is 36.4 Å². The summed E-state index contributed by atoms with van der Waals surface area (Å²) in [7, 11) is 0. The van der Waals surface area contributed by atoms with Gasteiger partial charge in [-0.25, -0.2) is 0 Å². The zero-order chi connectivity index (χ0) is 11.8. The van der Waals surface area contributed by atoms with Gasteiger partial charge in [0.25, 0.3) is 0 Å². The second kappa shape index (κ2) is 7.22. The molecule has 2 rings (SSSR count). The van der Waals surface area contributed by atoms with Crippen molar-refractivity contribution in [2.24, 2.45) is 0 Å². The number of benzene rings is 1. The highest BCUT2D eigenvalue weighted by Gasteiger charge is 1.94. The maximum Gasteiger partial charge on any atom is 0.0717 e. The van der Waals surface area contributed by atoms with E-state index in [1.807, 2.05) is 18.2 Å². The first-order chi connectivity index (χ1) is 8.45. The predicted octanol–water partition coefficient (Wildman–Crippen LogP) is 3.05. The van der Waals surface area contributed by atoms with Gasteiger partial charge in [-0.2, -0.15) is 0 Å². The number of ether oxygens (including phenoxy) is 1. The van der Waals surface area contributed by atoms with Crippen LogP contribution in [0.1, 0.15) is 10.4 Å². The maximum atomic E-state index is 5.58. The molecule has 0 spiro atoms. The van der Waals surface area contributed by atoms with Crippen molar-refractivity contribution < 1.29 is 4.74 Å². The van der Waals surface area contributed by atoms with Crippen LogP contribution in [0.25, 0.3) is 0 Å². The molecule has 0 bridgehead atoms. The molecule has 3 heteroatoms. The molecule has 2 nitrogen and oxygen atoms in total. The van der Waals surface area contributed by atoms with E-state index >= 15 is 0 Å². The van der Waals surface area contributed by atoms with E-state index in [-0.39, 0.29) is 0 Å². The summed E-state index contributed by atoms with van der Waals surface area (Å²) in [4.78, 5) is 1.37. The summed E-state index contributed by atoms with van der Waals surface area (Å²) in [5.74, 6) is 0. The lowest BCUT2D eigenvalue weighted by atomic mass is 10.2. The summed E-state index contributed by atoms with van der Waals surface area (Å²) in [6, 6.07) is 14.5. The molecule has 1 aromatic heterocycles. The Balaban J connectivity index is 1.52. The number of nitrogens with one attached hydrogen (secondary N) is 1. The molecule has 0 amide bonds. The molecule has 0 aliphatic rings. The van der Waals surface area contributed by atoms with E-state index in [0.29, 0.717) is 6.61 Å². The largest absolute Gasteiger partial charge is 0.375 e. The Morgan fingerprint density at radius 1 is 1.06 bits per heavy atom. The van der Waals surface area contributed by atoms with Gasteiger partial charge in [-0.05, 0) is 17.0 Å². The highest BCUT2D eigenvalue weighted by atomic mass is 32.1. The Bertz CT molecular complexity index is 399. The predicted molar refractivity (Wildman–Crippen MR) is 72.1 cm³/mol. The fraction of sp³-hybridized carbons (Fsp3) is 0.286. The van der Waals surface area contributed by atoms with E-state index in [1.54, 1.807) is 11.3 Å². The first-order valence-corrected chi connectivity index (χ1v) is 6.68. The lowest BCUT2D eigenvalue weighted by Crippen LogP contribution is -2.18. The normalized spacial score (nSPS) is 10.6. The van der Waals surface area contributed by atoms with Crippen LogP contribution in [-0.4, -0.2) is 13.2 Å².